The standard InChI is InChI=1S/C24H32N2O2/c1-19-5-3-6-21(17-19)18-26-15-12-22(13-16-26)24(27)25-14-4-7-20-8-10-23(28-2)11-9-20/h3,5-6,8-11,17,22H,4,7,12-16,18H2,1-2H3,(H,25,27). The number of carbonyl (C=O) groups excluding carboxylic acids is 1. The maximum absolute atomic E-state index is 12.5. The van der Waals surface area contributed by atoms with Gasteiger partial charge in [-0.2, -0.15) is 0 Å². The molecule has 0 radical (unpaired) electrons. The van der Waals surface area contributed by atoms with Gasteiger partial charge in [-0.15, -0.1) is 0 Å². The number of aryl methyl sites for hydroxylation is 2. The molecular weight excluding hydrogens is 348 g/mol. The van der Waals surface area contributed by atoms with Crippen LogP contribution >= 0.6 is 0 Å². The molecule has 0 bridgehead atoms. The van der Waals surface area contributed by atoms with Gasteiger partial charge in [-0.1, -0.05) is 42.0 Å². The summed E-state index contributed by atoms with van der Waals surface area (Å²) in [6, 6.07) is 16.8. The number of nitrogens with zero attached hydrogens (tertiary/aromatic N) is 1. The van der Waals surface area contributed by atoms with Crippen LogP contribution in [0.25, 0.3) is 0 Å². The molecule has 4 nitrogen and oxygen atoms in total. The number of ether oxygens (including phenoxy) is 1. The lowest BCUT2D eigenvalue weighted by atomic mass is 9.95. The van der Waals surface area contributed by atoms with Crippen LogP contribution in [0.4, 0.5) is 0 Å². The van der Waals surface area contributed by atoms with Crippen molar-refractivity contribution in [1.29, 1.82) is 0 Å². The Bertz CT molecular complexity index is 749. The van der Waals surface area contributed by atoms with Crippen LogP contribution in [0.1, 0.15) is 36.0 Å². The summed E-state index contributed by atoms with van der Waals surface area (Å²) in [5.74, 6) is 1.27. The summed E-state index contributed by atoms with van der Waals surface area (Å²) in [4.78, 5) is 14.9. The van der Waals surface area contributed by atoms with E-state index in [4.69, 9.17) is 4.74 Å². The maximum atomic E-state index is 12.5. The minimum absolute atomic E-state index is 0.162. The van der Waals surface area contributed by atoms with Crippen molar-refractivity contribution in [3.05, 3.63) is 65.2 Å². The first-order chi connectivity index (χ1) is 13.6. The van der Waals surface area contributed by atoms with E-state index in [1.165, 1.54) is 16.7 Å². The van der Waals surface area contributed by atoms with Crippen molar-refractivity contribution in [3.63, 3.8) is 0 Å². The van der Waals surface area contributed by atoms with Gasteiger partial charge in [0.2, 0.25) is 5.91 Å². The molecular formula is C24H32N2O2. The summed E-state index contributed by atoms with van der Waals surface area (Å²) in [6.07, 6.45) is 3.84. The van der Waals surface area contributed by atoms with Crippen LogP contribution in [-0.2, 0) is 17.8 Å². The maximum Gasteiger partial charge on any atom is 0.223 e. The summed E-state index contributed by atoms with van der Waals surface area (Å²) in [5.41, 5.74) is 3.95. The number of nitrogens with one attached hydrogen (secondary N) is 1. The second kappa shape index (κ2) is 10.3. The number of benzene rings is 2. The van der Waals surface area contributed by atoms with Gasteiger partial charge in [0.25, 0.3) is 0 Å². The zero-order chi connectivity index (χ0) is 19.8. The number of piperidine rings is 1. The van der Waals surface area contributed by atoms with Gasteiger partial charge in [0.1, 0.15) is 5.75 Å². The fourth-order valence-corrected chi connectivity index (χ4v) is 3.86. The molecule has 1 aliphatic heterocycles. The van der Waals surface area contributed by atoms with Crippen LogP contribution in [0.3, 0.4) is 0 Å². The van der Waals surface area contributed by atoms with Crippen LogP contribution in [0.2, 0.25) is 0 Å². The molecule has 1 aliphatic rings. The normalized spacial score (nSPS) is 15.4. The topological polar surface area (TPSA) is 41.6 Å². The summed E-state index contributed by atoms with van der Waals surface area (Å²) in [5, 5.41) is 3.14. The molecule has 1 saturated heterocycles. The van der Waals surface area contributed by atoms with E-state index < -0.39 is 0 Å². The van der Waals surface area contributed by atoms with E-state index in [9.17, 15) is 4.79 Å². The number of hydrogen-bond acceptors (Lipinski definition) is 3. The summed E-state index contributed by atoms with van der Waals surface area (Å²) >= 11 is 0. The van der Waals surface area contributed by atoms with Gasteiger partial charge < -0.3 is 10.1 Å². The molecule has 1 amide bonds. The minimum atomic E-state index is 0.162. The third-order valence-corrected chi connectivity index (χ3v) is 5.55. The lowest BCUT2D eigenvalue weighted by Gasteiger charge is -2.31. The van der Waals surface area contributed by atoms with Crippen molar-refractivity contribution in [1.82, 2.24) is 10.2 Å². The highest BCUT2D eigenvalue weighted by Gasteiger charge is 2.24. The molecule has 0 spiro atoms. The second-order valence-electron chi connectivity index (χ2n) is 7.78. The zero-order valence-electron chi connectivity index (χ0n) is 17.1. The molecule has 1 fully saturated rings. The summed E-state index contributed by atoms with van der Waals surface area (Å²) < 4.78 is 5.18. The van der Waals surface area contributed by atoms with E-state index in [1.807, 2.05) is 12.1 Å². The molecule has 1 heterocycles. The van der Waals surface area contributed by atoms with Crippen molar-refractivity contribution in [2.45, 2.75) is 39.2 Å². The average Bonchev–Trinajstić information content (AvgIpc) is 2.72. The Kier molecular flexibility index (Phi) is 7.49. The van der Waals surface area contributed by atoms with E-state index in [-0.39, 0.29) is 11.8 Å². The largest absolute Gasteiger partial charge is 0.497 e. The Morgan fingerprint density at radius 2 is 1.86 bits per heavy atom. The molecule has 0 aliphatic carbocycles. The first-order valence-electron chi connectivity index (χ1n) is 10.3. The van der Waals surface area contributed by atoms with Gasteiger partial charge in [0, 0.05) is 19.0 Å². The summed E-state index contributed by atoms with van der Waals surface area (Å²) in [6.45, 7) is 5.86. The van der Waals surface area contributed by atoms with Gasteiger partial charge in [0.05, 0.1) is 7.11 Å². The molecule has 1 N–H and O–H groups in total. The van der Waals surface area contributed by atoms with Crippen LogP contribution in [0.5, 0.6) is 5.75 Å². The van der Waals surface area contributed by atoms with Crippen LogP contribution < -0.4 is 10.1 Å². The molecule has 150 valence electrons. The fourth-order valence-electron chi connectivity index (χ4n) is 3.86. The number of carbonyl (C=O) groups is 1. The van der Waals surface area contributed by atoms with Crippen molar-refractivity contribution >= 4 is 5.91 Å². The number of likely N-dealkylation sites (tertiary alicyclic amines) is 1. The molecule has 0 unspecified atom stereocenters. The first kappa shape index (κ1) is 20.4. The van der Waals surface area contributed by atoms with E-state index in [1.54, 1.807) is 7.11 Å². The van der Waals surface area contributed by atoms with Crippen LogP contribution in [0, 0.1) is 12.8 Å². The van der Waals surface area contributed by atoms with E-state index in [2.05, 4.69) is 53.5 Å². The Morgan fingerprint density at radius 3 is 2.54 bits per heavy atom. The third kappa shape index (κ3) is 6.10. The number of hydrogen-bond donors (Lipinski definition) is 1. The molecule has 28 heavy (non-hydrogen) atoms. The zero-order valence-corrected chi connectivity index (χ0v) is 17.1. The van der Waals surface area contributed by atoms with Gasteiger partial charge in [-0.05, 0) is 69.0 Å². The Labute approximate surface area is 168 Å². The predicted molar refractivity (Wildman–Crippen MR) is 114 cm³/mol. The minimum Gasteiger partial charge on any atom is -0.497 e. The SMILES string of the molecule is COc1ccc(CCCNC(=O)C2CCN(Cc3cccc(C)c3)CC2)cc1. The molecule has 2 aromatic rings. The van der Waals surface area contributed by atoms with Crippen molar-refractivity contribution in [3.8, 4) is 5.75 Å². The number of methoxy groups -OCH3 is 1. The molecule has 0 aromatic heterocycles. The van der Waals surface area contributed by atoms with Crippen LogP contribution in [0.15, 0.2) is 48.5 Å². The smallest absolute Gasteiger partial charge is 0.223 e. The monoisotopic (exact) mass is 380 g/mol. The first-order valence-corrected chi connectivity index (χ1v) is 10.3. The predicted octanol–water partition coefficient (Wildman–Crippen LogP) is 3.96. The lowest BCUT2D eigenvalue weighted by molar-refractivity contribution is -0.126. The van der Waals surface area contributed by atoms with E-state index >= 15 is 0 Å². The Hall–Kier alpha value is -2.33. The molecule has 2 aromatic carbocycles. The highest BCUT2D eigenvalue weighted by molar-refractivity contribution is 5.78. The Morgan fingerprint density at radius 1 is 1.11 bits per heavy atom. The number of rotatable bonds is 8. The molecule has 3 rings (SSSR count). The van der Waals surface area contributed by atoms with Crippen molar-refractivity contribution in [2.75, 3.05) is 26.7 Å². The quantitative estimate of drug-likeness (QED) is 0.705. The fraction of sp³-hybridized carbons (Fsp3) is 0.458. The molecule has 4 heteroatoms. The molecule has 0 saturated carbocycles. The van der Waals surface area contributed by atoms with Gasteiger partial charge in [-0.25, -0.2) is 0 Å². The van der Waals surface area contributed by atoms with Gasteiger partial charge in [-0.3, -0.25) is 9.69 Å². The van der Waals surface area contributed by atoms with Crippen molar-refractivity contribution in [2.24, 2.45) is 5.92 Å². The van der Waals surface area contributed by atoms with Gasteiger partial charge >= 0.3 is 0 Å². The van der Waals surface area contributed by atoms with E-state index in [0.29, 0.717) is 0 Å². The Balaban J connectivity index is 1.33. The third-order valence-electron chi connectivity index (χ3n) is 5.55. The molecule has 0 atom stereocenters. The average molecular weight is 381 g/mol. The van der Waals surface area contributed by atoms with Crippen molar-refractivity contribution < 1.29 is 9.53 Å². The second-order valence-corrected chi connectivity index (χ2v) is 7.78. The highest BCUT2D eigenvalue weighted by Crippen LogP contribution is 2.19. The van der Waals surface area contributed by atoms with E-state index in [0.717, 1.165) is 57.6 Å². The lowest BCUT2D eigenvalue weighted by Crippen LogP contribution is -2.40. The van der Waals surface area contributed by atoms with Gasteiger partial charge in [0.15, 0.2) is 0 Å². The number of amides is 1. The summed E-state index contributed by atoms with van der Waals surface area (Å²) in [7, 11) is 1.68. The highest BCUT2D eigenvalue weighted by atomic mass is 16.5. The van der Waals surface area contributed by atoms with Crippen LogP contribution in [-0.4, -0.2) is 37.6 Å².